The minimum absolute atomic E-state index is 0.432. The van der Waals surface area contributed by atoms with Gasteiger partial charge in [-0.2, -0.15) is 0 Å². The molecule has 1 heterocycles. The van der Waals surface area contributed by atoms with Crippen LogP contribution in [0.4, 0.5) is 0 Å². The molecular weight excluding hydrogens is 156 g/mol. The molecule has 1 fully saturated rings. The smallest absolute Gasteiger partial charge is 0.0897 e. The molecule has 0 radical (unpaired) electrons. The van der Waals surface area contributed by atoms with Gasteiger partial charge >= 0.3 is 0 Å². The van der Waals surface area contributed by atoms with E-state index in [4.69, 9.17) is 5.73 Å². The fourth-order valence-electron chi connectivity index (χ4n) is 1.47. The van der Waals surface area contributed by atoms with Gasteiger partial charge in [-0.15, -0.1) is 11.3 Å². The van der Waals surface area contributed by atoms with Crippen molar-refractivity contribution in [1.29, 1.82) is 0 Å². The maximum atomic E-state index is 5.69. The molecule has 1 saturated carbocycles. The van der Waals surface area contributed by atoms with Crippen molar-refractivity contribution in [1.82, 2.24) is 4.98 Å². The first-order valence-electron chi connectivity index (χ1n) is 3.93. The molecule has 60 valence electrons. The van der Waals surface area contributed by atoms with Gasteiger partial charge in [0.2, 0.25) is 0 Å². The van der Waals surface area contributed by atoms with Crippen LogP contribution >= 0.6 is 11.3 Å². The van der Waals surface area contributed by atoms with E-state index in [0.717, 1.165) is 12.8 Å². The van der Waals surface area contributed by atoms with Crippen molar-refractivity contribution in [3.05, 3.63) is 16.1 Å². The van der Waals surface area contributed by atoms with Crippen LogP contribution in [0.15, 0.2) is 5.38 Å². The Balaban J connectivity index is 2.07. The van der Waals surface area contributed by atoms with E-state index in [-0.39, 0.29) is 0 Å². The lowest BCUT2D eigenvalue weighted by atomic mass is 9.79. The van der Waals surface area contributed by atoms with Crippen molar-refractivity contribution in [2.45, 2.75) is 31.7 Å². The summed E-state index contributed by atoms with van der Waals surface area (Å²) < 4.78 is 0. The van der Waals surface area contributed by atoms with Crippen molar-refractivity contribution < 1.29 is 0 Å². The number of nitrogens with zero attached hydrogens (tertiary/aromatic N) is 1. The van der Waals surface area contributed by atoms with E-state index in [1.165, 1.54) is 10.7 Å². The normalized spacial score (nSPS) is 30.0. The van der Waals surface area contributed by atoms with Crippen LogP contribution in [-0.4, -0.2) is 11.0 Å². The third-order valence-electron chi connectivity index (χ3n) is 2.23. The van der Waals surface area contributed by atoms with Crippen LogP contribution in [0.25, 0.3) is 0 Å². The lowest BCUT2D eigenvalue weighted by Gasteiger charge is -2.30. The van der Waals surface area contributed by atoms with Gasteiger partial charge in [-0.05, 0) is 19.8 Å². The first-order chi connectivity index (χ1) is 5.25. The SMILES string of the molecule is Cc1nc(C2CC(N)C2)cs1. The molecule has 0 aromatic carbocycles. The highest BCUT2D eigenvalue weighted by Crippen LogP contribution is 2.35. The predicted octanol–water partition coefficient (Wildman–Crippen LogP) is 1.66. The number of hydrogen-bond acceptors (Lipinski definition) is 3. The van der Waals surface area contributed by atoms with Gasteiger partial charge in [-0.3, -0.25) is 0 Å². The van der Waals surface area contributed by atoms with Crippen LogP contribution in [0.2, 0.25) is 0 Å². The summed E-state index contributed by atoms with van der Waals surface area (Å²) in [6, 6.07) is 0.432. The van der Waals surface area contributed by atoms with Gasteiger partial charge in [0.15, 0.2) is 0 Å². The molecule has 0 saturated heterocycles. The zero-order chi connectivity index (χ0) is 7.84. The van der Waals surface area contributed by atoms with Crippen LogP contribution in [0, 0.1) is 6.92 Å². The van der Waals surface area contributed by atoms with Gasteiger partial charge in [-0.1, -0.05) is 0 Å². The zero-order valence-corrected chi connectivity index (χ0v) is 7.40. The first kappa shape index (κ1) is 7.25. The Bertz CT molecular complexity index is 250. The van der Waals surface area contributed by atoms with E-state index in [1.54, 1.807) is 11.3 Å². The largest absolute Gasteiger partial charge is 0.328 e. The monoisotopic (exact) mass is 168 g/mol. The lowest BCUT2D eigenvalue weighted by molar-refractivity contribution is 0.346. The van der Waals surface area contributed by atoms with E-state index < -0.39 is 0 Å². The summed E-state index contributed by atoms with van der Waals surface area (Å²) in [5, 5.41) is 3.33. The summed E-state index contributed by atoms with van der Waals surface area (Å²) in [7, 11) is 0. The fraction of sp³-hybridized carbons (Fsp3) is 0.625. The second-order valence-electron chi connectivity index (χ2n) is 3.22. The molecule has 2 N–H and O–H groups in total. The van der Waals surface area contributed by atoms with Crippen LogP contribution < -0.4 is 5.73 Å². The Morgan fingerprint density at radius 2 is 2.36 bits per heavy atom. The van der Waals surface area contributed by atoms with Gasteiger partial charge in [0.1, 0.15) is 0 Å². The molecule has 1 aliphatic carbocycles. The summed E-state index contributed by atoms with van der Waals surface area (Å²) in [6.07, 6.45) is 2.26. The standard InChI is InChI=1S/C8H12N2S/c1-5-10-8(4-11-5)6-2-7(9)3-6/h4,6-7H,2-3,9H2,1H3. The number of rotatable bonds is 1. The van der Waals surface area contributed by atoms with E-state index in [9.17, 15) is 0 Å². The van der Waals surface area contributed by atoms with Crippen LogP contribution in [0.1, 0.15) is 29.5 Å². The third kappa shape index (κ3) is 1.30. The Morgan fingerprint density at radius 3 is 2.82 bits per heavy atom. The Hall–Kier alpha value is -0.410. The highest BCUT2D eigenvalue weighted by molar-refractivity contribution is 7.09. The van der Waals surface area contributed by atoms with E-state index in [1.807, 2.05) is 6.92 Å². The van der Waals surface area contributed by atoms with E-state index >= 15 is 0 Å². The maximum absolute atomic E-state index is 5.69. The Morgan fingerprint density at radius 1 is 1.64 bits per heavy atom. The number of nitrogens with two attached hydrogens (primary N) is 1. The van der Waals surface area contributed by atoms with Crippen molar-refractivity contribution >= 4 is 11.3 Å². The van der Waals surface area contributed by atoms with Crippen molar-refractivity contribution in [3.63, 3.8) is 0 Å². The van der Waals surface area contributed by atoms with Gasteiger partial charge in [0.05, 0.1) is 10.7 Å². The number of hydrogen-bond donors (Lipinski definition) is 1. The predicted molar refractivity (Wildman–Crippen MR) is 46.8 cm³/mol. The summed E-state index contributed by atoms with van der Waals surface area (Å²) in [6.45, 7) is 2.05. The topological polar surface area (TPSA) is 38.9 Å². The number of aromatic nitrogens is 1. The first-order valence-corrected chi connectivity index (χ1v) is 4.81. The molecule has 0 spiro atoms. The molecule has 1 aromatic heterocycles. The van der Waals surface area contributed by atoms with Gasteiger partial charge < -0.3 is 5.73 Å². The number of thiazole rings is 1. The molecule has 0 bridgehead atoms. The lowest BCUT2D eigenvalue weighted by Crippen LogP contribution is -2.34. The molecule has 1 aromatic rings. The van der Waals surface area contributed by atoms with E-state index in [0.29, 0.717) is 12.0 Å². The molecule has 3 heteroatoms. The van der Waals surface area contributed by atoms with Crippen LogP contribution in [0.5, 0.6) is 0 Å². The third-order valence-corrected chi connectivity index (χ3v) is 3.02. The molecule has 2 rings (SSSR count). The number of aryl methyl sites for hydroxylation is 1. The second kappa shape index (κ2) is 2.57. The average Bonchev–Trinajstić information content (AvgIpc) is 2.29. The minimum Gasteiger partial charge on any atom is -0.328 e. The zero-order valence-electron chi connectivity index (χ0n) is 6.58. The second-order valence-corrected chi connectivity index (χ2v) is 4.28. The van der Waals surface area contributed by atoms with Crippen molar-refractivity contribution in [3.8, 4) is 0 Å². The fourth-order valence-corrected chi connectivity index (χ4v) is 2.17. The molecule has 0 atom stereocenters. The summed E-state index contributed by atoms with van der Waals surface area (Å²) >= 11 is 1.73. The minimum atomic E-state index is 0.432. The van der Waals surface area contributed by atoms with Crippen LogP contribution in [0.3, 0.4) is 0 Å². The van der Waals surface area contributed by atoms with Crippen molar-refractivity contribution in [2.75, 3.05) is 0 Å². The van der Waals surface area contributed by atoms with Crippen LogP contribution in [-0.2, 0) is 0 Å². The molecular formula is C8H12N2S. The summed E-state index contributed by atoms with van der Waals surface area (Å²) in [5.41, 5.74) is 6.95. The quantitative estimate of drug-likeness (QED) is 0.692. The molecule has 1 aliphatic rings. The molecule has 0 unspecified atom stereocenters. The molecule has 0 amide bonds. The average molecular weight is 168 g/mol. The highest BCUT2D eigenvalue weighted by Gasteiger charge is 2.28. The van der Waals surface area contributed by atoms with Gasteiger partial charge in [0.25, 0.3) is 0 Å². The maximum Gasteiger partial charge on any atom is 0.0897 e. The van der Waals surface area contributed by atoms with Crippen molar-refractivity contribution in [2.24, 2.45) is 5.73 Å². The van der Waals surface area contributed by atoms with Gasteiger partial charge in [0, 0.05) is 17.3 Å². The van der Waals surface area contributed by atoms with Gasteiger partial charge in [-0.25, -0.2) is 4.98 Å². The molecule has 11 heavy (non-hydrogen) atoms. The Kier molecular flexibility index (Phi) is 1.69. The summed E-state index contributed by atoms with van der Waals surface area (Å²) in [5.74, 6) is 0.662. The Labute approximate surface area is 70.5 Å². The summed E-state index contributed by atoms with van der Waals surface area (Å²) in [4.78, 5) is 4.43. The molecule has 0 aliphatic heterocycles. The molecule has 2 nitrogen and oxygen atoms in total. The highest BCUT2D eigenvalue weighted by atomic mass is 32.1. The van der Waals surface area contributed by atoms with E-state index in [2.05, 4.69) is 10.4 Å².